The number of rotatable bonds is 4. The average Bonchev–Trinajstić information content (AvgIpc) is 2.78. The summed E-state index contributed by atoms with van der Waals surface area (Å²) in [5, 5.41) is 9.62. The van der Waals surface area contributed by atoms with Gasteiger partial charge in [-0.25, -0.2) is 9.97 Å². The van der Waals surface area contributed by atoms with E-state index in [4.69, 9.17) is 4.74 Å². The Morgan fingerprint density at radius 2 is 2.11 bits per heavy atom. The third-order valence-electron chi connectivity index (χ3n) is 3.71. The first-order chi connectivity index (χ1) is 8.59. The van der Waals surface area contributed by atoms with Crippen LogP contribution >= 0.6 is 0 Å². The maximum atomic E-state index is 9.62. The molecule has 100 valence electrons. The quantitative estimate of drug-likeness (QED) is 0.892. The molecule has 1 fully saturated rings. The largest absolute Gasteiger partial charge is 0.389 e. The summed E-state index contributed by atoms with van der Waals surface area (Å²) in [4.78, 5) is 9.01. The highest BCUT2D eigenvalue weighted by Gasteiger charge is 2.39. The number of nitrogens with zero attached hydrogens (tertiary/aromatic N) is 2. The Hall–Kier alpha value is -1.00. The van der Waals surface area contributed by atoms with Gasteiger partial charge in [0.25, 0.3) is 0 Å². The molecule has 1 unspecified atom stereocenters. The maximum absolute atomic E-state index is 9.62. The van der Waals surface area contributed by atoms with E-state index >= 15 is 0 Å². The van der Waals surface area contributed by atoms with Gasteiger partial charge >= 0.3 is 0 Å². The molecule has 1 heterocycles. The standard InChI is InChI=1S/C14H22N2O2/c1-4-18-14(7-5-6-8-14)13-15-9-12(11(3)17)10(2)16-13/h9,11,17H,4-8H2,1-3H3. The zero-order valence-electron chi connectivity index (χ0n) is 11.4. The fourth-order valence-electron chi connectivity index (χ4n) is 2.76. The van der Waals surface area contributed by atoms with Crippen LogP contribution in [0.2, 0.25) is 0 Å². The van der Waals surface area contributed by atoms with E-state index < -0.39 is 6.10 Å². The zero-order valence-corrected chi connectivity index (χ0v) is 11.4. The second-order valence-electron chi connectivity index (χ2n) is 5.04. The Morgan fingerprint density at radius 3 is 2.61 bits per heavy atom. The second-order valence-corrected chi connectivity index (χ2v) is 5.04. The molecule has 1 aromatic rings. The molecule has 0 bridgehead atoms. The van der Waals surface area contributed by atoms with Gasteiger partial charge in [0.1, 0.15) is 5.60 Å². The summed E-state index contributed by atoms with van der Waals surface area (Å²) in [5.74, 6) is 0.781. The molecule has 0 spiro atoms. The van der Waals surface area contributed by atoms with Gasteiger partial charge < -0.3 is 9.84 Å². The number of ether oxygens (including phenoxy) is 1. The van der Waals surface area contributed by atoms with Crippen LogP contribution in [0.4, 0.5) is 0 Å². The number of aliphatic hydroxyl groups excluding tert-OH is 1. The maximum Gasteiger partial charge on any atom is 0.160 e. The van der Waals surface area contributed by atoms with Gasteiger partial charge in [-0.2, -0.15) is 0 Å². The van der Waals surface area contributed by atoms with E-state index in [1.807, 2.05) is 13.8 Å². The topological polar surface area (TPSA) is 55.2 Å². The molecule has 0 aromatic carbocycles. The van der Waals surface area contributed by atoms with Crippen LogP contribution in [-0.2, 0) is 10.3 Å². The van der Waals surface area contributed by atoms with Gasteiger partial charge in [-0.05, 0) is 46.5 Å². The Labute approximate surface area is 108 Å². The molecule has 4 nitrogen and oxygen atoms in total. The minimum Gasteiger partial charge on any atom is -0.389 e. The first kappa shape index (κ1) is 13.4. The third-order valence-corrected chi connectivity index (χ3v) is 3.71. The van der Waals surface area contributed by atoms with Crippen LogP contribution < -0.4 is 0 Å². The van der Waals surface area contributed by atoms with E-state index in [0.29, 0.717) is 6.61 Å². The van der Waals surface area contributed by atoms with Crippen molar-refractivity contribution in [3.8, 4) is 0 Å². The molecular formula is C14H22N2O2. The lowest BCUT2D eigenvalue weighted by Gasteiger charge is -2.27. The van der Waals surface area contributed by atoms with Gasteiger partial charge in [-0.15, -0.1) is 0 Å². The first-order valence-corrected chi connectivity index (χ1v) is 6.75. The molecule has 18 heavy (non-hydrogen) atoms. The monoisotopic (exact) mass is 250 g/mol. The van der Waals surface area contributed by atoms with Crippen molar-refractivity contribution >= 4 is 0 Å². The fraction of sp³-hybridized carbons (Fsp3) is 0.714. The summed E-state index contributed by atoms with van der Waals surface area (Å²) in [7, 11) is 0. The van der Waals surface area contributed by atoms with Gasteiger partial charge in [0.05, 0.1) is 6.10 Å². The summed E-state index contributed by atoms with van der Waals surface area (Å²) in [6, 6.07) is 0. The lowest BCUT2D eigenvalue weighted by Crippen LogP contribution is -2.29. The zero-order chi connectivity index (χ0) is 13.2. The summed E-state index contributed by atoms with van der Waals surface area (Å²) in [6.07, 6.45) is 5.54. The summed E-state index contributed by atoms with van der Waals surface area (Å²) in [5.41, 5.74) is 1.35. The van der Waals surface area contributed by atoms with Gasteiger partial charge in [-0.3, -0.25) is 0 Å². The lowest BCUT2D eigenvalue weighted by molar-refractivity contribution is -0.0459. The normalized spacial score (nSPS) is 20.0. The van der Waals surface area contributed by atoms with Crippen LogP contribution in [0.5, 0.6) is 0 Å². The smallest absolute Gasteiger partial charge is 0.160 e. The fourth-order valence-corrected chi connectivity index (χ4v) is 2.76. The molecule has 4 heteroatoms. The van der Waals surface area contributed by atoms with Gasteiger partial charge in [0.15, 0.2) is 5.82 Å². The highest BCUT2D eigenvalue weighted by atomic mass is 16.5. The molecule has 1 aromatic heterocycles. The molecule has 1 N–H and O–H groups in total. The Balaban J connectivity index is 2.34. The predicted octanol–water partition coefficient (Wildman–Crippen LogP) is 2.64. The van der Waals surface area contributed by atoms with Crippen molar-refractivity contribution in [2.45, 2.75) is 58.2 Å². The SMILES string of the molecule is CCOC1(c2ncc(C(C)O)c(C)n2)CCCC1. The number of aromatic nitrogens is 2. The number of aliphatic hydroxyl groups is 1. The van der Waals surface area contributed by atoms with Crippen molar-refractivity contribution in [3.63, 3.8) is 0 Å². The van der Waals surface area contributed by atoms with Crippen molar-refractivity contribution in [1.29, 1.82) is 0 Å². The highest BCUT2D eigenvalue weighted by molar-refractivity contribution is 5.20. The Bertz CT molecular complexity index is 412. The van der Waals surface area contributed by atoms with E-state index in [0.717, 1.165) is 29.9 Å². The molecular weight excluding hydrogens is 228 g/mol. The summed E-state index contributed by atoms with van der Waals surface area (Å²) in [6.45, 7) is 6.35. The molecule has 0 aliphatic heterocycles. The highest BCUT2D eigenvalue weighted by Crippen LogP contribution is 2.40. The summed E-state index contributed by atoms with van der Waals surface area (Å²) >= 11 is 0. The van der Waals surface area contributed by atoms with Crippen LogP contribution in [0.25, 0.3) is 0 Å². The molecule has 1 aliphatic carbocycles. The van der Waals surface area contributed by atoms with E-state index in [9.17, 15) is 5.11 Å². The minimum absolute atomic E-state index is 0.295. The van der Waals surface area contributed by atoms with Crippen LogP contribution in [0.15, 0.2) is 6.20 Å². The van der Waals surface area contributed by atoms with Crippen LogP contribution in [0.3, 0.4) is 0 Å². The van der Waals surface area contributed by atoms with E-state index in [-0.39, 0.29) is 5.60 Å². The molecule has 0 saturated heterocycles. The number of hydrogen-bond donors (Lipinski definition) is 1. The Morgan fingerprint density at radius 1 is 1.44 bits per heavy atom. The van der Waals surface area contributed by atoms with Crippen molar-refractivity contribution in [3.05, 3.63) is 23.3 Å². The van der Waals surface area contributed by atoms with Crippen molar-refractivity contribution < 1.29 is 9.84 Å². The van der Waals surface area contributed by atoms with Crippen LogP contribution in [0.1, 0.15) is 62.7 Å². The van der Waals surface area contributed by atoms with Gasteiger partial charge in [-0.1, -0.05) is 0 Å². The second kappa shape index (κ2) is 5.33. The molecule has 1 aliphatic rings. The van der Waals surface area contributed by atoms with Crippen LogP contribution in [0, 0.1) is 6.92 Å². The van der Waals surface area contributed by atoms with Gasteiger partial charge in [0, 0.05) is 24.1 Å². The first-order valence-electron chi connectivity index (χ1n) is 6.75. The number of hydrogen-bond acceptors (Lipinski definition) is 4. The lowest BCUT2D eigenvalue weighted by atomic mass is 10.00. The summed E-state index contributed by atoms with van der Waals surface area (Å²) < 4.78 is 5.94. The van der Waals surface area contributed by atoms with Gasteiger partial charge in [0.2, 0.25) is 0 Å². The molecule has 1 saturated carbocycles. The molecule has 0 radical (unpaired) electrons. The third kappa shape index (κ3) is 2.40. The molecule has 2 rings (SSSR count). The minimum atomic E-state index is -0.523. The van der Waals surface area contributed by atoms with E-state index in [2.05, 4.69) is 9.97 Å². The molecule has 1 atom stereocenters. The van der Waals surface area contributed by atoms with E-state index in [1.54, 1.807) is 13.1 Å². The molecule has 0 amide bonds. The predicted molar refractivity (Wildman–Crippen MR) is 69.2 cm³/mol. The van der Waals surface area contributed by atoms with E-state index in [1.165, 1.54) is 12.8 Å². The van der Waals surface area contributed by atoms with Crippen LogP contribution in [-0.4, -0.2) is 21.7 Å². The number of aryl methyl sites for hydroxylation is 1. The van der Waals surface area contributed by atoms with Crippen molar-refractivity contribution in [2.24, 2.45) is 0 Å². The average molecular weight is 250 g/mol. The van der Waals surface area contributed by atoms with Crippen molar-refractivity contribution in [1.82, 2.24) is 9.97 Å². The Kier molecular flexibility index (Phi) is 3.97. The van der Waals surface area contributed by atoms with Crippen molar-refractivity contribution in [2.75, 3.05) is 6.61 Å².